The lowest BCUT2D eigenvalue weighted by Crippen LogP contribution is -2.26. The molecule has 0 saturated heterocycles. The molecule has 40 heavy (non-hydrogen) atoms. The van der Waals surface area contributed by atoms with Gasteiger partial charge in [0.1, 0.15) is 5.75 Å². The van der Waals surface area contributed by atoms with E-state index in [9.17, 15) is 4.79 Å². The first-order chi connectivity index (χ1) is 19.7. The molecule has 0 N–H and O–H groups in total. The van der Waals surface area contributed by atoms with Crippen LogP contribution in [0.2, 0.25) is 0 Å². The second-order valence-corrected chi connectivity index (χ2v) is 10.1. The predicted molar refractivity (Wildman–Crippen MR) is 162 cm³/mol. The van der Waals surface area contributed by atoms with Gasteiger partial charge in [-0.15, -0.1) is 0 Å². The van der Waals surface area contributed by atoms with Crippen LogP contribution in [0.3, 0.4) is 0 Å². The van der Waals surface area contributed by atoms with Gasteiger partial charge in [-0.3, -0.25) is 0 Å². The molecule has 0 fully saturated rings. The molecule has 0 aliphatic heterocycles. The molecule has 0 aromatic heterocycles. The van der Waals surface area contributed by atoms with Gasteiger partial charge >= 0.3 is 5.97 Å². The van der Waals surface area contributed by atoms with Crippen molar-refractivity contribution in [2.45, 2.75) is 12.3 Å². The van der Waals surface area contributed by atoms with Crippen LogP contribution >= 0.6 is 0 Å². The Balaban J connectivity index is 1.26. The van der Waals surface area contributed by atoms with Gasteiger partial charge in [-0.2, -0.15) is 0 Å². The van der Waals surface area contributed by atoms with Gasteiger partial charge < -0.3 is 9.64 Å². The average Bonchev–Trinajstić information content (AvgIpc) is 3.02. The molecular formula is C37H27NO2. The number of para-hydroxylation sites is 1. The van der Waals surface area contributed by atoms with Crippen LogP contribution in [-0.2, 0) is 11.2 Å². The Morgan fingerprint density at radius 3 is 2.27 bits per heavy atom. The fourth-order valence-electron chi connectivity index (χ4n) is 5.99. The van der Waals surface area contributed by atoms with Gasteiger partial charge in [0.25, 0.3) is 0 Å². The highest BCUT2D eigenvalue weighted by molar-refractivity contribution is 5.83. The monoisotopic (exact) mass is 517 g/mol. The molecule has 3 aliphatic rings. The van der Waals surface area contributed by atoms with Gasteiger partial charge in [-0.1, -0.05) is 91.5 Å². The average molecular weight is 518 g/mol. The Hall–Kier alpha value is -5.15. The number of anilines is 2. The second kappa shape index (κ2) is 9.87. The summed E-state index contributed by atoms with van der Waals surface area (Å²) in [6, 6.07) is 33.4. The quantitative estimate of drug-likeness (QED) is 0.146. The van der Waals surface area contributed by atoms with Crippen molar-refractivity contribution in [1.82, 2.24) is 0 Å². The zero-order chi connectivity index (χ0) is 27.1. The summed E-state index contributed by atoms with van der Waals surface area (Å²) in [5.74, 6) is 0.290. The lowest BCUT2D eigenvalue weighted by atomic mass is 9.70. The Bertz CT molecular complexity index is 1750. The fourth-order valence-corrected chi connectivity index (χ4v) is 5.99. The van der Waals surface area contributed by atoms with E-state index in [1.165, 1.54) is 33.5 Å². The maximum Gasteiger partial charge on any atom is 0.335 e. The number of carbonyl (C=O) groups is 1. The third-order valence-electron chi connectivity index (χ3n) is 7.84. The van der Waals surface area contributed by atoms with Crippen LogP contribution in [-0.4, -0.2) is 5.97 Å². The number of benzene rings is 4. The van der Waals surface area contributed by atoms with E-state index in [0.717, 1.165) is 35.0 Å². The molecule has 0 amide bonds. The van der Waals surface area contributed by atoms with E-state index < -0.39 is 5.97 Å². The highest BCUT2D eigenvalue weighted by Gasteiger charge is 2.35. The largest absolute Gasteiger partial charge is 0.423 e. The van der Waals surface area contributed by atoms with E-state index >= 15 is 0 Å². The van der Waals surface area contributed by atoms with Crippen molar-refractivity contribution in [3.8, 4) is 16.9 Å². The SMILES string of the molecule is C=CC(=O)Oc1ccc(-c2ccc(N(C3=CC=C4C=Cc5cccc6c5C4C3=CC6)c3ccccc3)cc2)cc1. The van der Waals surface area contributed by atoms with Crippen molar-refractivity contribution in [3.63, 3.8) is 0 Å². The number of carbonyl (C=O) groups excluding carboxylic acids is 1. The normalized spacial score (nSPS) is 16.2. The van der Waals surface area contributed by atoms with Crippen LogP contribution in [0.1, 0.15) is 22.6 Å². The lowest BCUT2D eigenvalue weighted by Gasteiger charge is -2.39. The topological polar surface area (TPSA) is 29.5 Å². The molecule has 0 saturated carbocycles. The van der Waals surface area contributed by atoms with E-state index in [-0.39, 0.29) is 5.92 Å². The van der Waals surface area contributed by atoms with Crippen molar-refractivity contribution in [2.24, 2.45) is 0 Å². The van der Waals surface area contributed by atoms with Gasteiger partial charge in [-0.05, 0) is 87.9 Å². The first kappa shape index (κ1) is 23.9. The van der Waals surface area contributed by atoms with Crippen molar-refractivity contribution in [2.75, 3.05) is 4.90 Å². The summed E-state index contributed by atoms with van der Waals surface area (Å²) >= 11 is 0. The molecule has 192 valence electrons. The molecular weight excluding hydrogens is 490 g/mol. The number of rotatable bonds is 6. The molecule has 3 heteroatoms. The lowest BCUT2D eigenvalue weighted by molar-refractivity contribution is -0.128. The Kier molecular flexibility index (Phi) is 5.90. The standard InChI is InChI=1S/C37H27NO2/c1-2-35(39)40-32-21-15-26(16-22-32)25-13-19-31(20-14-25)38(30-9-4-3-5-10-30)34-24-18-29-12-11-27-7-6-8-28-17-23-33(34)37(29)36(27)28/h2-16,18-24,37H,1,17H2. The Morgan fingerprint density at radius 1 is 0.800 bits per heavy atom. The second-order valence-electron chi connectivity index (χ2n) is 10.1. The highest BCUT2D eigenvalue weighted by atomic mass is 16.5. The van der Waals surface area contributed by atoms with Crippen LogP contribution in [0.25, 0.3) is 17.2 Å². The molecule has 7 rings (SSSR count). The minimum Gasteiger partial charge on any atom is -0.423 e. The molecule has 0 spiro atoms. The van der Waals surface area contributed by atoms with Crippen molar-refractivity contribution in [1.29, 1.82) is 0 Å². The third kappa shape index (κ3) is 4.13. The summed E-state index contributed by atoms with van der Waals surface area (Å²) in [5.41, 5.74) is 12.5. The maximum absolute atomic E-state index is 11.5. The van der Waals surface area contributed by atoms with Crippen LogP contribution in [0.5, 0.6) is 5.75 Å². The Morgan fingerprint density at radius 2 is 1.52 bits per heavy atom. The third-order valence-corrected chi connectivity index (χ3v) is 7.84. The number of allylic oxidation sites excluding steroid dienone is 6. The van der Waals surface area contributed by atoms with Crippen molar-refractivity contribution in [3.05, 3.63) is 168 Å². The summed E-state index contributed by atoms with van der Waals surface area (Å²) in [5, 5.41) is 0. The summed E-state index contributed by atoms with van der Waals surface area (Å²) < 4.78 is 5.22. The van der Waals surface area contributed by atoms with Crippen LogP contribution < -0.4 is 9.64 Å². The zero-order valence-electron chi connectivity index (χ0n) is 22.0. The molecule has 3 nitrogen and oxygen atoms in total. The fraction of sp³-hybridized carbons (Fsp3) is 0.0541. The summed E-state index contributed by atoms with van der Waals surface area (Å²) in [6.07, 6.45) is 13.6. The molecule has 3 aliphatic carbocycles. The van der Waals surface area contributed by atoms with Gasteiger partial charge in [0.15, 0.2) is 0 Å². The van der Waals surface area contributed by atoms with E-state index in [4.69, 9.17) is 4.74 Å². The van der Waals surface area contributed by atoms with Gasteiger partial charge in [0, 0.05) is 29.1 Å². The summed E-state index contributed by atoms with van der Waals surface area (Å²) in [7, 11) is 0. The molecule has 4 aromatic carbocycles. The molecule has 0 radical (unpaired) electrons. The Labute approximate surface area is 234 Å². The number of esters is 1. The number of nitrogens with zero attached hydrogens (tertiary/aromatic N) is 1. The van der Waals surface area contributed by atoms with E-state index in [1.54, 1.807) is 12.1 Å². The molecule has 4 aromatic rings. The van der Waals surface area contributed by atoms with Crippen LogP contribution in [0.4, 0.5) is 11.4 Å². The molecule has 1 atom stereocenters. The van der Waals surface area contributed by atoms with E-state index in [1.807, 2.05) is 12.1 Å². The smallest absolute Gasteiger partial charge is 0.335 e. The van der Waals surface area contributed by atoms with Gasteiger partial charge in [0.2, 0.25) is 0 Å². The number of hydrogen-bond acceptors (Lipinski definition) is 3. The molecule has 0 bridgehead atoms. The molecule has 1 unspecified atom stereocenters. The minimum atomic E-state index is -0.464. The van der Waals surface area contributed by atoms with Crippen LogP contribution in [0.15, 0.2) is 151 Å². The van der Waals surface area contributed by atoms with Gasteiger partial charge in [0.05, 0.1) is 0 Å². The minimum absolute atomic E-state index is 0.254. The van der Waals surface area contributed by atoms with Crippen molar-refractivity contribution < 1.29 is 9.53 Å². The number of ether oxygens (including phenoxy) is 1. The van der Waals surface area contributed by atoms with Crippen molar-refractivity contribution >= 4 is 23.4 Å². The summed E-state index contributed by atoms with van der Waals surface area (Å²) in [6.45, 7) is 3.45. The zero-order valence-corrected chi connectivity index (χ0v) is 22.0. The highest BCUT2D eigenvalue weighted by Crippen LogP contribution is 2.50. The molecule has 0 heterocycles. The van der Waals surface area contributed by atoms with E-state index in [2.05, 4.69) is 115 Å². The summed E-state index contributed by atoms with van der Waals surface area (Å²) in [4.78, 5) is 13.9. The predicted octanol–water partition coefficient (Wildman–Crippen LogP) is 8.70. The number of hydrogen-bond donors (Lipinski definition) is 0. The van der Waals surface area contributed by atoms with Crippen LogP contribution in [0, 0.1) is 0 Å². The van der Waals surface area contributed by atoms with Gasteiger partial charge in [-0.25, -0.2) is 4.79 Å². The first-order valence-corrected chi connectivity index (χ1v) is 13.5. The first-order valence-electron chi connectivity index (χ1n) is 13.5. The maximum atomic E-state index is 11.5. The van der Waals surface area contributed by atoms with E-state index in [0.29, 0.717) is 5.75 Å².